The maximum atomic E-state index is 13.1. The topological polar surface area (TPSA) is 128 Å². The predicted molar refractivity (Wildman–Crippen MR) is 120 cm³/mol. The zero-order valence-electron chi connectivity index (χ0n) is 19.2. The van der Waals surface area contributed by atoms with E-state index in [9.17, 15) is 23.6 Å². The Morgan fingerprint density at radius 1 is 1.09 bits per heavy atom. The lowest BCUT2D eigenvalue weighted by atomic mass is 9.98. The molecule has 3 rings (SSSR count). The number of urea groups is 1. The van der Waals surface area contributed by atoms with Crippen LogP contribution in [0.2, 0.25) is 0 Å². The Bertz CT molecular complexity index is 1090. The van der Waals surface area contributed by atoms with Crippen LogP contribution in [0.4, 0.5) is 9.18 Å². The van der Waals surface area contributed by atoms with Crippen molar-refractivity contribution in [3.05, 3.63) is 65.0 Å². The molecule has 1 aliphatic rings. The first-order valence-electron chi connectivity index (χ1n) is 10.9. The highest BCUT2D eigenvalue weighted by Crippen LogP contribution is 2.25. The van der Waals surface area contributed by atoms with Gasteiger partial charge in [0.2, 0.25) is 0 Å². The van der Waals surface area contributed by atoms with Crippen LogP contribution in [-0.4, -0.2) is 60.6 Å². The normalized spacial score (nSPS) is 12.5. The van der Waals surface area contributed by atoms with E-state index in [0.29, 0.717) is 35.9 Å². The Balaban J connectivity index is 1.52. The third kappa shape index (κ3) is 7.16. The number of amides is 3. The first-order chi connectivity index (χ1) is 16.8. The second-order valence-corrected chi connectivity index (χ2v) is 7.75. The van der Waals surface area contributed by atoms with Crippen molar-refractivity contribution < 1.29 is 37.9 Å². The smallest absolute Gasteiger partial charge is 0.348 e. The van der Waals surface area contributed by atoms with Gasteiger partial charge in [-0.25, -0.2) is 14.0 Å². The number of methoxy groups -OCH3 is 1. The van der Waals surface area contributed by atoms with Crippen molar-refractivity contribution in [3.8, 4) is 5.75 Å². The Morgan fingerprint density at radius 3 is 2.49 bits per heavy atom. The summed E-state index contributed by atoms with van der Waals surface area (Å²) in [6.07, 6.45) is 0.159. The van der Waals surface area contributed by atoms with Crippen molar-refractivity contribution in [3.63, 3.8) is 0 Å². The average molecular weight is 487 g/mol. The van der Waals surface area contributed by atoms with E-state index in [-0.39, 0.29) is 37.7 Å². The van der Waals surface area contributed by atoms with Gasteiger partial charge in [0.15, 0.2) is 0 Å². The van der Waals surface area contributed by atoms with Gasteiger partial charge in [-0.05, 0) is 47.9 Å². The number of nitrogens with two attached hydrogens (primary N) is 1. The summed E-state index contributed by atoms with van der Waals surface area (Å²) in [6.45, 7) is 0.721. The number of carbonyl (C=O) groups is 4. The highest BCUT2D eigenvalue weighted by Gasteiger charge is 2.25. The molecule has 1 aliphatic heterocycles. The number of esters is 1. The SMILES string of the molecule is COC(=O)CCC(=O)ON(CCOc1ccc2c(c1)CCN(Cc1ccc(F)cc1)C2=O)C(N)=O. The second-order valence-electron chi connectivity index (χ2n) is 7.75. The molecule has 0 unspecified atom stereocenters. The minimum atomic E-state index is -0.989. The van der Waals surface area contributed by atoms with Gasteiger partial charge in [-0.1, -0.05) is 12.1 Å². The quantitative estimate of drug-likeness (QED) is 0.424. The molecular weight excluding hydrogens is 461 g/mol. The molecule has 3 amide bonds. The lowest BCUT2D eigenvalue weighted by molar-refractivity contribution is -0.178. The van der Waals surface area contributed by atoms with E-state index < -0.39 is 18.0 Å². The van der Waals surface area contributed by atoms with Gasteiger partial charge in [0, 0.05) is 18.7 Å². The molecule has 0 aromatic heterocycles. The Kier molecular flexibility index (Phi) is 8.60. The van der Waals surface area contributed by atoms with Gasteiger partial charge in [0.1, 0.15) is 18.2 Å². The number of hydrogen-bond acceptors (Lipinski definition) is 7. The number of carbonyl (C=O) groups excluding carboxylic acids is 4. The summed E-state index contributed by atoms with van der Waals surface area (Å²) in [7, 11) is 1.20. The van der Waals surface area contributed by atoms with Crippen LogP contribution in [-0.2, 0) is 32.1 Å². The van der Waals surface area contributed by atoms with Gasteiger partial charge in [0.05, 0.1) is 26.5 Å². The molecule has 0 bridgehead atoms. The Labute approximate surface area is 201 Å². The number of ether oxygens (including phenoxy) is 2. The van der Waals surface area contributed by atoms with Gasteiger partial charge < -0.3 is 24.9 Å². The van der Waals surface area contributed by atoms with E-state index in [1.165, 1.54) is 19.2 Å². The molecular formula is C24H26FN3O7. The minimum Gasteiger partial charge on any atom is -0.492 e. The van der Waals surface area contributed by atoms with Crippen LogP contribution >= 0.6 is 0 Å². The van der Waals surface area contributed by atoms with E-state index in [2.05, 4.69) is 4.74 Å². The van der Waals surface area contributed by atoms with Crippen molar-refractivity contribution in [1.82, 2.24) is 9.96 Å². The van der Waals surface area contributed by atoms with E-state index in [4.69, 9.17) is 15.3 Å². The molecule has 0 fully saturated rings. The zero-order valence-corrected chi connectivity index (χ0v) is 19.2. The van der Waals surface area contributed by atoms with Gasteiger partial charge in [0.25, 0.3) is 5.91 Å². The fourth-order valence-corrected chi connectivity index (χ4v) is 3.49. The van der Waals surface area contributed by atoms with E-state index >= 15 is 0 Å². The van der Waals surface area contributed by atoms with Crippen molar-refractivity contribution in [2.45, 2.75) is 25.8 Å². The van der Waals surface area contributed by atoms with Crippen LogP contribution in [0.5, 0.6) is 5.75 Å². The number of hydrogen-bond donors (Lipinski definition) is 1. The van der Waals surface area contributed by atoms with Crippen LogP contribution < -0.4 is 10.5 Å². The Morgan fingerprint density at radius 2 is 1.80 bits per heavy atom. The van der Waals surface area contributed by atoms with Crippen molar-refractivity contribution in [1.29, 1.82) is 0 Å². The molecule has 35 heavy (non-hydrogen) atoms. The lowest BCUT2D eigenvalue weighted by Crippen LogP contribution is -2.40. The fourth-order valence-electron chi connectivity index (χ4n) is 3.49. The average Bonchev–Trinajstić information content (AvgIpc) is 2.84. The van der Waals surface area contributed by atoms with Crippen molar-refractivity contribution in [2.75, 3.05) is 26.8 Å². The molecule has 0 saturated carbocycles. The maximum Gasteiger partial charge on any atom is 0.348 e. The molecule has 2 N–H and O–H groups in total. The minimum absolute atomic E-state index is 0.0311. The summed E-state index contributed by atoms with van der Waals surface area (Å²) in [5, 5.41) is 0.648. The van der Waals surface area contributed by atoms with Crippen LogP contribution in [0.3, 0.4) is 0 Å². The summed E-state index contributed by atoms with van der Waals surface area (Å²) < 4.78 is 23.2. The molecule has 2 aromatic rings. The fraction of sp³-hybridized carbons (Fsp3) is 0.333. The third-order valence-corrected chi connectivity index (χ3v) is 5.31. The number of nitrogens with zero attached hydrogens (tertiary/aromatic N) is 2. The largest absolute Gasteiger partial charge is 0.492 e. The van der Waals surface area contributed by atoms with Crippen LogP contribution in [0.25, 0.3) is 0 Å². The summed E-state index contributed by atoms with van der Waals surface area (Å²) >= 11 is 0. The van der Waals surface area contributed by atoms with Crippen LogP contribution in [0.1, 0.15) is 34.3 Å². The molecule has 0 atom stereocenters. The molecule has 0 aliphatic carbocycles. The van der Waals surface area contributed by atoms with E-state index in [0.717, 1.165) is 11.1 Å². The van der Waals surface area contributed by atoms with Gasteiger partial charge in [-0.3, -0.25) is 9.59 Å². The second kappa shape index (κ2) is 11.8. The van der Waals surface area contributed by atoms with Crippen LogP contribution in [0.15, 0.2) is 42.5 Å². The highest BCUT2D eigenvalue weighted by molar-refractivity contribution is 5.97. The molecule has 0 radical (unpaired) electrons. The molecule has 11 heteroatoms. The van der Waals surface area contributed by atoms with Crippen molar-refractivity contribution in [2.24, 2.45) is 5.73 Å². The van der Waals surface area contributed by atoms with E-state index in [1.807, 2.05) is 0 Å². The zero-order chi connectivity index (χ0) is 25.4. The summed E-state index contributed by atoms with van der Waals surface area (Å²) in [5.41, 5.74) is 7.45. The van der Waals surface area contributed by atoms with Crippen molar-refractivity contribution >= 4 is 23.9 Å². The molecule has 0 saturated heterocycles. The molecule has 10 nitrogen and oxygen atoms in total. The van der Waals surface area contributed by atoms with E-state index in [1.54, 1.807) is 35.2 Å². The van der Waals surface area contributed by atoms with Crippen LogP contribution in [0, 0.1) is 5.82 Å². The van der Waals surface area contributed by atoms with Gasteiger partial charge in [-0.15, -0.1) is 0 Å². The monoisotopic (exact) mass is 487 g/mol. The number of hydroxylamine groups is 2. The molecule has 2 aromatic carbocycles. The number of benzene rings is 2. The summed E-state index contributed by atoms with van der Waals surface area (Å²) in [4.78, 5) is 53.9. The molecule has 0 spiro atoms. The lowest BCUT2D eigenvalue weighted by Gasteiger charge is -2.29. The first kappa shape index (κ1) is 25.5. The Hall–Kier alpha value is -4.15. The summed E-state index contributed by atoms with van der Waals surface area (Å²) in [5.74, 6) is -1.37. The number of fused-ring (bicyclic) bond motifs is 1. The van der Waals surface area contributed by atoms with Gasteiger partial charge in [-0.2, -0.15) is 5.06 Å². The molecule has 1 heterocycles. The number of halogens is 1. The van der Waals surface area contributed by atoms with Gasteiger partial charge >= 0.3 is 18.0 Å². The predicted octanol–water partition coefficient (Wildman–Crippen LogP) is 2.20. The highest BCUT2D eigenvalue weighted by atomic mass is 19.1. The standard InChI is InChI=1S/C24H26FN3O7/c1-33-21(29)8-9-22(30)35-28(24(26)32)12-13-34-19-6-7-20-17(14-19)10-11-27(23(20)31)15-16-2-4-18(25)5-3-16/h2-7,14H,8-13,15H2,1H3,(H2,26,32). The first-order valence-corrected chi connectivity index (χ1v) is 10.9. The summed E-state index contributed by atoms with van der Waals surface area (Å²) in [6, 6.07) is 10.1. The maximum absolute atomic E-state index is 13.1. The third-order valence-electron chi connectivity index (χ3n) is 5.31. The molecule has 186 valence electrons. The number of rotatable bonds is 9. The number of primary amides is 1.